The van der Waals surface area contributed by atoms with Crippen molar-refractivity contribution in [2.75, 3.05) is 26.0 Å². The predicted molar refractivity (Wildman–Crippen MR) is 72.4 cm³/mol. The molecule has 102 valence electrons. The van der Waals surface area contributed by atoms with Gasteiger partial charge in [-0.2, -0.15) is 9.61 Å². The van der Waals surface area contributed by atoms with Gasteiger partial charge in [0.15, 0.2) is 5.65 Å². The van der Waals surface area contributed by atoms with Gasteiger partial charge in [-0.3, -0.25) is 0 Å². The molecular formula is C12H18N6O. The monoisotopic (exact) mass is 262 g/mol. The summed E-state index contributed by atoms with van der Waals surface area (Å²) in [5.41, 5.74) is 0.434. The summed E-state index contributed by atoms with van der Waals surface area (Å²) in [6.45, 7) is 0.838. The Kier molecular flexibility index (Phi) is 2.78. The van der Waals surface area contributed by atoms with E-state index in [4.69, 9.17) is 0 Å². The highest BCUT2D eigenvalue weighted by Crippen LogP contribution is 2.36. The van der Waals surface area contributed by atoms with Crippen molar-refractivity contribution < 1.29 is 0 Å². The van der Waals surface area contributed by atoms with Gasteiger partial charge in [-0.15, -0.1) is 5.10 Å². The van der Waals surface area contributed by atoms with Gasteiger partial charge in [0.2, 0.25) is 0 Å². The second-order valence-electron chi connectivity index (χ2n) is 5.34. The van der Waals surface area contributed by atoms with Crippen molar-refractivity contribution in [3.05, 3.63) is 22.6 Å². The highest BCUT2D eigenvalue weighted by Gasteiger charge is 2.38. The van der Waals surface area contributed by atoms with Crippen LogP contribution >= 0.6 is 0 Å². The highest BCUT2D eigenvalue weighted by molar-refractivity contribution is 5.43. The van der Waals surface area contributed by atoms with Crippen molar-refractivity contribution in [2.45, 2.75) is 24.8 Å². The zero-order valence-electron chi connectivity index (χ0n) is 11.2. The summed E-state index contributed by atoms with van der Waals surface area (Å²) in [6, 6.07) is 3.62. The molecule has 7 nitrogen and oxygen atoms in total. The summed E-state index contributed by atoms with van der Waals surface area (Å²) >= 11 is 0. The van der Waals surface area contributed by atoms with Crippen LogP contribution in [0.1, 0.15) is 19.3 Å². The molecule has 0 spiro atoms. The molecule has 1 saturated carbocycles. The third-order valence-electron chi connectivity index (χ3n) is 4.10. The number of aromatic amines is 1. The van der Waals surface area contributed by atoms with E-state index in [-0.39, 0.29) is 11.2 Å². The Bertz CT molecular complexity index is 639. The Hall–Kier alpha value is -1.89. The Morgan fingerprint density at radius 2 is 2.26 bits per heavy atom. The van der Waals surface area contributed by atoms with Crippen LogP contribution in [0.5, 0.6) is 0 Å². The van der Waals surface area contributed by atoms with E-state index >= 15 is 0 Å². The Labute approximate surface area is 110 Å². The summed E-state index contributed by atoms with van der Waals surface area (Å²) < 4.78 is 1.27. The van der Waals surface area contributed by atoms with Crippen molar-refractivity contribution in [1.29, 1.82) is 0 Å². The van der Waals surface area contributed by atoms with Gasteiger partial charge in [0.05, 0.1) is 0 Å². The fourth-order valence-electron chi connectivity index (χ4n) is 2.52. The average Bonchev–Trinajstić information content (AvgIpc) is 2.69. The molecule has 0 atom stereocenters. The van der Waals surface area contributed by atoms with Crippen LogP contribution in [-0.2, 0) is 0 Å². The molecule has 0 aromatic carbocycles. The fraction of sp³-hybridized carbons (Fsp3) is 0.583. The fourth-order valence-corrected chi connectivity index (χ4v) is 2.52. The number of nitrogens with zero attached hydrogens (tertiary/aromatic N) is 4. The van der Waals surface area contributed by atoms with Gasteiger partial charge in [-0.1, -0.05) is 0 Å². The van der Waals surface area contributed by atoms with Crippen molar-refractivity contribution in [3.8, 4) is 0 Å². The molecule has 1 aliphatic carbocycles. The third-order valence-corrected chi connectivity index (χ3v) is 4.10. The number of aromatic nitrogens is 4. The zero-order chi connectivity index (χ0) is 13.5. The van der Waals surface area contributed by atoms with Gasteiger partial charge < -0.3 is 10.2 Å². The van der Waals surface area contributed by atoms with Crippen molar-refractivity contribution in [1.82, 2.24) is 24.7 Å². The molecule has 1 aliphatic rings. The first-order valence-corrected chi connectivity index (χ1v) is 6.47. The van der Waals surface area contributed by atoms with Gasteiger partial charge in [0.1, 0.15) is 5.82 Å². The highest BCUT2D eigenvalue weighted by atomic mass is 16.2. The number of rotatable bonds is 4. The van der Waals surface area contributed by atoms with Crippen LogP contribution < -0.4 is 11.0 Å². The van der Waals surface area contributed by atoms with E-state index in [0.29, 0.717) is 11.5 Å². The summed E-state index contributed by atoms with van der Waals surface area (Å²) in [6.07, 6.45) is 3.66. The molecule has 1 fully saturated rings. The molecule has 3 rings (SSSR count). The van der Waals surface area contributed by atoms with E-state index in [2.05, 4.69) is 39.6 Å². The summed E-state index contributed by atoms with van der Waals surface area (Å²) in [5, 5.41) is 13.8. The molecule has 7 heteroatoms. The Balaban J connectivity index is 1.78. The number of fused-ring (bicyclic) bond motifs is 1. The number of likely N-dealkylation sites (N-methyl/N-ethyl adjacent to an activating group) is 1. The van der Waals surface area contributed by atoms with Crippen LogP contribution in [0.2, 0.25) is 0 Å². The minimum absolute atomic E-state index is 0.220. The van der Waals surface area contributed by atoms with Gasteiger partial charge in [-0.25, -0.2) is 9.89 Å². The van der Waals surface area contributed by atoms with Crippen LogP contribution in [0.25, 0.3) is 5.65 Å². The normalized spacial score (nSPS) is 17.6. The number of H-pyrrole nitrogens is 1. The number of hydrogen-bond donors (Lipinski definition) is 2. The minimum atomic E-state index is -0.315. The van der Waals surface area contributed by atoms with E-state index in [0.717, 1.165) is 6.54 Å². The zero-order valence-corrected chi connectivity index (χ0v) is 11.2. The van der Waals surface area contributed by atoms with Gasteiger partial charge in [0.25, 0.3) is 0 Å². The first-order chi connectivity index (χ1) is 9.11. The van der Waals surface area contributed by atoms with Crippen molar-refractivity contribution in [3.63, 3.8) is 0 Å². The number of hydrogen-bond acceptors (Lipinski definition) is 5. The molecule has 2 N–H and O–H groups in total. The lowest BCUT2D eigenvalue weighted by Gasteiger charge is -2.47. The maximum absolute atomic E-state index is 11.5. The molecule has 2 aromatic rings. The van der Waals surface area contributed by atoms with Crippen LogP contribution in [0.3, 0.4) is 0 Å². The topological polar surface area (TPSA) is 78.3 Å². The Morgan fingerprint density at radius 1 is 1.47 bits per heavy atom. The lowest BCUT2D eigenvalue weighted by atomic mass is 9.75. The maximum Gasteiger partial charge on any atom is 0.364 e. The largest absolute Gasteiger partial charge is 0.367 e. The number of anilines is 1. The summed E-state index contributed by atoms with van der Waals surface area (Å²) in [5.74, 6) is 0.698. The maximum atomic E-state index is 11.5. The lowest BCUT2D eigenvalue weighted by molar-refractivity contribution is 0.0738. The molecule has 19 heavy (non-hydrogen) atoms. The van der Waals surface area contributed by atoms with Crippen molar-refractivity contribution >= 4 is 11.5 Å². The molecule has 0 radical (unpaired) electrons. The average molecular weight is 262 g/mol. The molecule has 0 aliphatic heterocycles. The molecule has 0 bridgehead atoms. The molecule has 2 aromatic heterocycles. The molecule has 0 unspecified atom stereocenters. The predicted octanol–water partition coefficient (Wildman–Crippen LogP) is 0.314. The van der Waals surface area contributed by atoms with Gasteiger partial charge in [-0.05, 0) is 45.5 Å². The SMILES string of the molecule is CN(C)C1(CNc2ccc3n[nH]c(=O)n3n2)CCC1. The number of nitrogens with one attached hydrogen (secondary N) is 2. The summed E-state index contributed by atoms with van der Waals surface area (Å²) in [7, 11) is 4.22. The van der Waals surface area contributed by atoms with Crippen LogP contribution in [-0.4, -0.2) is 50.9 Å². The van der Waals surface area contributed by atoms with Crippen molar-refractivity contribution in [2.24, 2.45) is 0 Å². The Morgan fingerprint density at radius 3 is 2.89 bits per heavy atom. The molecular weight excluding hydrogens is 244 g/mol. The van der Waals surface area contributed by atoms with Crippen LogP contribution in [0.4, 0.5) is 5.82 Å². The van der Waals surface area contributed by atoms with E-state index < -0.39 is 0 Å². The quantitative estimate of drug-likeness (QED) is 0.829. The first-order valence-electron chi connectivity index (χ1n) is 6.47. The van der Waals surface area contributed by atoms with E-state index in [1.807, 2.05) is 6.07 Å². The van der Waals surface area contributed by atoms with Gasteiger partial charge >= 0.3 is 5.69 Å². The second kappa shape index (κ2) is 4.34. The molecule has 2 heterocycles. The van der Waals surface area contributed by atoms with Crippen LogP contribution in [0, 0.1) is 0 Å². The minimum Gasteiger partial charge on any atom is -0.367 e. The molecule has 0 amide bonds. The molecule has 0 saturated heterocycles. The van der Waals surface area contributed by atoms with Crippen LogP contribution in [0.15, 0.2) is 16.9 Å². The smallest absolute Gasteiger partial charge is 0.364 e. The standard InChI is InChI=1S/C12H18N6O/c1-17(2)12(6-3-7-12)8-13-9-4-5-10-14-15-11(19)18(10)16-9/h4-5H,3,6-8H2,1-2H3,(H,13,16)(H,15,19). The second-order valence-corrected chi connectivity index (χ2v) is 5.34. The van der Waals surface area contributed by atoms with E-state index in [9.17, 15) is 4.79 Å². The van der Waals surface area contributed by atoms with Gasteiger partial charge in [0, 0.05) is 12.1 Å². The first kappa shape index (κ1) is 12.2. The van der Waals surface area contributed by atoms with E-state index in [1.54, 1.807) is 6.07 Å². The third kappa shape index (κ3) is 1.99. The van der Waals surface area contributed by atoms with E-state index in [1.165, 1.54) is 23.8 Å². The lowest BCUT2D eigenvalue weighted by Crippen LogP contribution is -2.54. The summed E-state index contributed by atoms with van der Waals surface area (Å²) in [4.78, 5) is 13.7.